The minimum atomic E-state index is 0.513. The molecule has 94 valence electrons. The molecule has 0 fully saturated rings. The van der Waals surface area contributed by atoms with E-state index in [1.807, 2.05) is 12.3 Å². The van der Waals surface area contributed by atoms with Crippen molar-refractivity contribution in [2.45, 2.75) is 40.0 Å². The molecule has 0 bridgehead atoms. The number of pyridine rings is 1. The molecule has 2 rings (SSSR count). The summed E-state index contributed by atoms with van der Waals surface area (Å²) in [6, 6.07) is 10.9. The van der Waals surface area contributed by atoms with Crippen LogP contribution in [0.5, 0.6) is 0 Å². The van der Waals surface area contributed by atoms with Crippen LogP contribution in [0.25, 0.3) is 0 Å². The smallest absolute Gasteiger partial charge is 0.0438 e. The molecule has 0 aliphatic carbocycles. The number of hydrogen-bond donors (Lipinski definition) is 0. The standard InChI is InChI=1S/C17H21N/c1-12-7-8-16(14(3)10-12)15(4)11-17-13(2)6-5-9-18-17/h5-10,15H,11H2,1-4H3. The maximum Gasteiger partial charge on any atom is 0.0438 e. The van der Waals surface area contributed by atoms with Crippen LogP contribution in [-0.2, 0) is 6.42 Å². The fourth-order valence-corrected chi connectivity index (χ4v) is 2.51. The molecule has 1 heteroatoms. The van der Waals surface area contributed by atoms with E-state index in [1.165, 1.54) is 27.9 Å². The van der Waals surface area contributed by atoms with Crippen molar-refractivity contribution in [3.05, 3.63) is 64.5 Å². The first-order chi connectivity index (χ1) is 8.58. The lowest BCUT2D eigenvalue weighted by Gasteiger charge is -2.16. The van der Waals surface area contributed by atoms with Gasteiger partial charge in [-0.1, -0.05) is 36.8 Å². The van der Waals surface area contributed by atoms with Gasteiger partial charge in [0.05, 0.1) is 0 Å². The van der Waals surface area contributed by atoms with Crippen molar-refractivity contribution in [2.24, 2.45) is 0 Å². The first kappa shape index (κ1) is 12.8. The van der Waals surface area contributed by atoms with Crippen molar-refractivity contribution in [1.82, 2.24) is 4.98 Å². The largest absolute Gasteiger partial charge is 0.261 e. The molecule has 1 aromatic carbocycles. The van der Waals surface area contributed by atoms with Crippen LogP contribution in [0.1, 0.15) is 40.8 Å². The summed E-state index contributed by atoms with van der Waals surface area (Å²) in [5, 5.41) is 0. The number of aryl methyl sites for hydroxylation is 3. The van der Waals surface area contributed by atoms with Crippen molar-refractivity contribution in [3.8, 4) is 0 Å². The van der Waals surface area contributed by atoms with Crippen LogP contribution in [0, 0.1) is 20.8 Å². The van der Waals surface area contributed by atoms with Crippen LogP contribution < -0.4 is 0 Å². The van der Waals surface area contributed by atoms with Gasteiger partial charge in [-0.05, 0) is 55.9 Å². The highest BCUT2D eigenvalue weighted by Gasteiger charge is 2.11. The molecule has 1 unspecified atom stereocenters. The van der Waals surface area contributed by atoms with Gasteiger partial charge in [0.1, 0.15) is 0 Å². The van der Waals surface area contributed by atoms with Crippen LogP contribution in [0.2, 0.25) is 0 Å². The van der Waals surface area contributed by atoms with Gasteiger partial charge in [0, 0.05) is 11.9 Å². The van der Waals surface area contributed by atoms with Gasteiger partial charge in [-0.15, -0.1) is 0 Å². The predicted octanol–water partition coefficient (Wildman–Crippen LogP) is 4.35. The van der Waals surface area contributed by atoms with Gasteiger partial charge in [-0.25, -0.2) is 0 Å². The normalized spacial score (nSPS) is 12.4. The third-order valence-corrected chi connectivity index (χ3v) is 3.57. The molecule has 1 nitrogen and oxygen atoms in total. The second kappa shape index (κ2) is 5.34. The molecule has 1 heterocycles. The number of nitrogens with zero attached hydrogens (tertiary/aromatic N) is 1. The minimum Gasteiger partial charge on any atom is -0.261 e. The third-order valence-electron chi connectivity index (χ3n) is 3.57. The molecule has 0 aliphatic heterocycles. The quantitative estimate of drug-likeness (QED) is 0.775. The molecular formula is C17H21N. The highest BCUT2D eigenvalue weighted by Crippen LogP contribution is 2.24. The Kier molecular flexibility index (Phi) is 3.81. The number of benzene rings is 1. The van der Waals surface area contributed by atoms with E-state index in [-0.39, 0.29) is 0 Å². The Morgan fingerprint density at radius 2 is 1.83 bits per heavy atom. The average Bonchev–Trinajstić information content (AvgIpc) is 2.32. The first-order valence-corrected chi connectivity index (χ1v) is 6.55. The van der Waals surface area contributed by atoms with E-state index >= 15 is 0 Å². The Morgan fingerprint density at radius 1 is 1.06 bits per heavy atom. The van der Waals surface area contributed by atoms with Gasteiger partial charge in [-0.3, -0.25) is 4.98 Å². The van der Waals surface area contributed by atoms with Crippen molar-refractivity contribution in [2.75, 3.05) is 0 Å². The van der Waals surface area contributed by atoms with Crippen LogP contribution in [0.3, 0.4) is 0 Å². The Bertz CT molecular complexity index is 543. The third kappa shape index (κ3) is 2.79. The summed E-state index contributed by atoms with van der Waals surface area (Å²) < 4.78 is 0. The van der Waals surface area contributed by atoms with Gasteiger partial charge < -0.3 is 0 Å². The molecule has 0 saturated carbocycles. The first-order valence-electron chi connectivity index (χ1n) is 6.55. The average molecular weight is 239 g/mol. The summed E-state index contributed by atoms with van der Waals surface area (Å²) in [6.07, 6.45) is 2.90. The van der Waals surface area contributed by atoms with Crippen molar-refractivity contribution in [3.63, 3.8) is 0 Å². The van der Waals surface area contributed by atoms with E-state index in [0.29, 0.717) is 5.92 Å². The lowest BCUT2D eigenvalue weighted by atomic mass is 9.90. The van der Waals surface area contributed by atoms with Crippen molar-refractivity contribution in [1.29, 1.82) is 0 Å². The van der Waals surface area contributed by atoms with Crippen LogP contribution in [0.4, 0.5) is 0 Å². The van der Waals surface area contributed by atoms with E-state index in [2.05, 4.69) is 56.9 Å². The maximum absolute atomic E-state index is 4.49. The zero-order valence-electron chi connectivity index (χ0n) is 11.7. The van der Waals surface area contributed by atoms with Gasteiger partial charge in [0.25, 0.3) is 0 Å². The molecule has 0 aliphatic rings. The van der Waals surface area contributed by atoms with Gasteiger partial charge >= 0.3 is 0 Å². The molecule has 1 atom stereocenters. The summed E-state index contributed by atoms with van der Waals surface area (Å²) >= 11 is 0. The Labute approximate surface area is 110 Å². The van der Waals surface area contributed by atoms with Gasteiger partial charge in [-0.2, -0.15) is 0 Å². The van der Waals surface area contributed by atoms with E-state index in [4.69, 9.17) is 0 Å². The number of hydrogen-bond acceptors (Lipinski definition) is 1. The van der Waals surface area contributed by atoms with E-state index < -0.39 is 0 Å². The van der Waals surface area contributed by atoms with Crippen LogP contribution >= 0.6 is 0 Å². The molecule has 0 spiro atoms. The van der Waals surface area contributed by atoms with E-state index in [0.717, 1.165) is 6.42 Å². The molecule has 0 N–H and O–H groups in total. The molecule has 18 heavy (non-hydrogen) atoms. The predicted molar refractivity (Wildman–Crippen MR) is 77.0 cm³/mol. The SMILES string of the molecule is Cc1ccc(C(C)Cc2ncccc2C)c(C)c1. The highest BCUT2D eigenvalue weighted by molar-refractivity contribution is 5.34. The van der Waals surface area contributed by atoms with E-state index in [1.54, 1.807) is 0 Å². The topological polar surface area (TPSA) is 12.9 Å². The monoisotopic (exact) mass is 239 g/mol. The summed E-state index contributed by atoms with van der Waals surface area (Å²) in [5.74, 6) is 0.513. The maximum atomic E-state index is 4.49. The summed E-state index contributed by atoms with van der Waals surface area (Å²) in [4.78, 5) is 4.49. The summed E-state index contributed by atoms with van der Waals surface area (Å²) in [5.41, 5.74) is 6.65. The summed E-state index contributed by atoms with van der Waals surface area (Å²) in [7, 11) is 0. The Morgan fingerprint density at radius 3 is 2.50 bits per heavy atom. The minimum absolute atomic E-state index is 0.513. The second-order valence-corrected chi connectivity index (χ2v) is 5.23. The zero-order valence-corrected chi connectivity index (χ0v) is 11.7. The van der Waals surface area contributed by atoms with Gasteiger partial charge in [0.2, 0.25) is 0 Å². The molecule has 2 aromatic rings. The molecule has 0 saturated heterocycles. The molecule has 0 radical (unpaired) electrons. The van der Waals surface area contributed by atoms with Crippen LogP contribution in [-0.4, -0.2) is 4.98 Å². The van der Waals surface area contributed by atoms with Gasteiger partial charge in [0.15, 0.2) is 0 Å². The van der Waals surface area contributed by atoms with E-state index in [9.17, 15) is 0 Å². The molecule has 1 aromatic heterocycles. The van der Waals surface area contributed by atoms with Crippen molar-refractivity contribution < 1.29 is 0 Å². The Balaban J connectivity index is 2.22. The lowest BCUT2D eigenvalue weighted by molar-refractivity contribution is 0.730. The lowest BCUT2D eigenvalue weighted by Crippen LogP contribution is -2.04. The number of aromatic nitrogens is 1. The van der Waals surface area contributed by atoms with Crippen LogP contribution in [0.15, 0.2) is 36.5 Å². The highest BCUT2D eigenvalue weighted by atomic mass is 14.7. The molecular weight excluding hydrogens is 218 g/mol. The number of rotatable bonds is 3. The second-order valence-electron chi connectivity index (χ2n) is 5.23. The Hall–Kier alpha value is -1.63. The molecule has 0 amide bonds. The fourth-order valence-electron chi connectivity index (χ4n) is 2.51. The van der Waals surface area contributed by atoms with Crippen molar-refractivity contribution >= 4 is 0 Å². The summed E-state index contributed by atoms with van der Waals surface area (Å²) in [6.45, 7) is 8.76. The fraction of sp³-hybridized carbons (Fsp3) is 0.353. The zero-order chi connectivity index (χ0) is 13.1.